The molecular formula is C16H26O. The number of rotatable bonds is 0. The summed E-state index contributed by atoms with van der Waals surface area (Å²) in [5.74, 6) is 1.47. The van der Waals surface area contributed by atoms with Gasteiger partial charge in [-0.15, -0.1) is 0 Å². The highest BCUT2D eigenvalue weighted by atomic mass is 16.6. The van der Waals surface area contributed by atoms with Gasteiger partial charge in [-0.2, -0.15) is 0 Å². The highest BCUT2D eigenvalue weighted by Crippen LogP contribution is 2.65. The molecule has 0 aromatic rings. The normalized spacial score (nSPS) is 52.4. The van der Waals surface area contributed by atoms with Crippen LogP contribution in [-0.2, 0) is 4.74 Å². The molecule has 4 atom stereocenters. The van der Waals surface area contributed by atoms with E-state index in [2.05, 4.69) is 34.3 Å². The molecule has 3 rings (SSSR count). The highest BCUT2D eigenvalue weighted by molar-refractivity contribution is 5.23. The Morgan fingerprint density at radius 3 is 2.47 bits per heavy atom. The van der Waals surface area contributed by atoms with Gasteiger partial charge >= 0.3 is 0 Å². The van der Waals surface area contributed by atoms with Crippen LogP contribution in [0.2, 0.25) is 0 Å². The molecule has 3 aliphatic rings. The lowest BCUT2D eigenvalue weighted by molar-refractivity contribution is 0.0438. The van der Waals surface area contributed by atoms with E-state index in [0.29, 0.717) is 16.7 Å². The van der Waals surface area contributed by atoms with Gasteiger partial charge in [-0.1, -0.05) is 39.8 Å². The van der Waals surface area contributed by atoms with Crippen molar-refractivity contribution in [3.63, 3.8) is 0 Å². The lowest BCUT2D eigenvalue weighted by atomic mass is 9.60. The van der Waals surface area contributed by atoms with Crippen molar-refractivity contribution in [1.29, 1.82) is 0 Å². The SMILES string of the molecule is C=C1CC[C@H]2C(C)(C)[C@@H](C)C3(CC[C@]12C)CO3. The van der Waals surface area contributed by atoms with Gasteiger partial charge in [0.2, 0.25) is 0 Å². The van der Waals surface area contributed by atoms with Crippen LogP contribution in [-0.4, -0.2) is 12.2 Å². The number of allylic oxidation sites excluding steroid dienone is 1. The van der Waals surface area contributed by atoms with Crippen LogP contribution < -0.4 is 0 Å². The summed E-state index contributed by atoms with van der Waals surface area (Å²) in [6.07, 6.45) is 5.10. The second kappa shape index (κ2) is 3.17. The predicted molar refractivity (Wildman–Crippen MR) is 70.8 cm³/mol. The molecule has 1 aliphatic heterocycles. The van der Waals surface area contributed by atoms with Crippen LogP contribution in [0.25, 0.3) is 0 Å². The first-order valence-corrected chi connectivity index (χ1v) is 7.15. The first-order valence-electron chi connectivity index (χ1n) is 7.15. The van der Waals surface area contributed by atoms with Crippen molar-refractivity contribution >= 4 is 0 Å². The van der Waals surface area contributed by atoms with E-state index in [1.807, 2.05) is 0 Å². The monoisotopic (exact) mass is 234 g/mol. The summed E-state index contributed by atoms with van der Waals surface area (Å²) in [6.45, 7) is 15.2. The second-order valence-electron chi connectivity index (χ2n) is 7.51. The summed E-state index contributed by atoms with van der Waals surface area (Å²) in [4.78, 5) is 0. The van der Waals surface area contributed by atoms with Crippen molar-refractivity contribution in [2.24, 2.45) is 22.7 Å². The molecule has 1 saturated heterocycles. The fourth-order valence-electron chi connectivity index (χ4n) is 4.87. The third-order valence-corrected chi connectivity index (χ3v) is 6.70. The molecule has 1 unspecified atom stereocenters. The van der Waals surface area contributed by atoms with Crippen LogP contribution in [0.3, 0.4) is 0 Å². The van der Waals surface area contributed by atoms with E-state index >= 15 is 0 Å². The average Bonchev–Trinajstić information content (AvgIpc) is 2.99. The van der Waals surface area contributed by atoms with Crippen molar-refractivity contribution in [2.45, 2.75) is 59.0 Å². The molecule has 0 N–H and O–H groups in total. The topological polar surface area (TPSA) is 12.5 Å². The van der Waals surface area contributed by atoms with E-state index in [0.717, 1.165) is 12.5 Å². The molecule has 17 heavy (non-hydrogen) atoms. The third kappa shape index (κ3) is 1.35. The van der Waals surface area contributed by atoms with Gasteiger partial charge in [0, 0.05) is 0 Å². The van der Waals surface area contributed by atoms with Crippen LogP contribution in [0.5, 0.6) is 0 Å². The number of epoxide rings is 1. The van der Waals surface area contributed by atoms with Gasteiger partial charge in [-0.05, 0) is 48.3 Å². The van der Waals surface area contributed by atoms with E-state index in [-0.39, 0.29) is 5.60 Å². The molecule has 0 aromatic carbocycles. The lowest BCUT2D eigenvalue weighted by Gasteiger charge is -2.44. The molecule has 1 heterocycles. The minimum Gasteiger partial charge on any atom is -0.369 e. The van der Waals surface area contributed by atoms with Crippen LogP contribution in [0.1, 0.15) is 53.4 Å². The molecule has 2 saturated carbocycles. The maximum absolute atomic E-state index is 5.88. The molecule has 2 aliphatic carbocycles. The van der Waals surface area contributed by atoms with E-state index in [1.165, 1.54) is 31.3 Å². The van der Waals surface area contributed by atoms with Gasteiger partial charge < -0.3 is 4.74 Å². The molecule has 1 spiro atoms. The minimum atomic E-state index is 0.219. The Hall–Kier alpha value is -0.300. The molecule has 1 heteroatoms. The Balaban J connectivity index is 2.04. The molecule has 0 amide bonds. The molecule has 3 fully saturated rings. The Morgan fingerprint density at radius 2 is 1.88 bits per heavy atom. The minimum absolute atomic E-state index is 0.219. The molecular weight excluding hydrogens is 208 g/mol. The van der Waals surface area contributed by atoms with E-state index in [1.54, 1.807) is 0 Å². The number of hydrogen-bond acceptors (Lipinski definition) is 1. The Labute approximate surface area is 106 Å². The maximum atomic E-state index is 5.88. The first kappa shape index (κ1) is 11.8. The second-order valence-corrected chi connectivity index (χ2v) is 7.51. The van der Waals surface area contributed by atoms with Gasteiger partial charge in [-0.3, -0.25) is 0 Å². The summed E-state index contributed by atoms with van der Waals surface area (Å²) in [7, 11) is 0. The zero-order valence-electron chi connectivity index (χ0n) is 11.8. The summed E-state index contributed by atoms with van der Waals surface area (Å²) in [5.41, 5.74) is 2.46. The predicted octanol–water partition coefficient (Wildman–Crippen LogP) is 4.18. The van der Waals surface area contributed by atoms with Crippen molar-refractivity contribution < 1.29 is 4.74 Å². The zero-order chi connectivity index (χ0) is 12.5. The third-order valence-electron chi connectivity index (χ3n) is 6.70. The van der Waals surface area contributed by atoms with Crippen molar-refractivity contribution in [2.75, 3.05) is 6.61 Å². The van der Waals surface area contributed by atoms with Crippen LogP contribution in [0.15, 0.2) is 12.2 Å². The van der Waals surface area contributed by atoms with E-state index in [9.17, 15) is 0 Å². The Morgan fingerprint density at radius 1 is 1.24 bits per heavy atom. The molecule has 1 nitrogen and oxygen atoms in total. The molecule has 0 radical (unpaired) electrons. The van der Waals surface area contributed by atoms with E-state index in [4.69, 9.17) is 4.74 Å². The summed E-state index contributed by atoms with van der Waals surface area (Å²) >= 11 is 0. The largest absolute Gasteiger partial charge is 0.369 e. The van der Waals surface area contributed by atoms with Gasteiger partial charge in [-0.25, -0.2) is 0 Å². The van der Waals surface area contributed by atoms with Gasteiger partial charge in [0.25, 0.3) is 0 Å². The summed E-state index contributed by atoms with van der Waals surface area (Å²) in [5, 5.41) is 0. The fourth-order valence-corrected chi connectivity index (χ4v) is 4.87. The Bertz CT molecular complexity index is 364. The van der Waals surface area contributed by atoms with Gasteiger partial charge in [0.05, 0.1) is 12.2 Å². The zero-order valence-corrected chi connectivity index (χ0v) is 11.8. The number of hydrogen-bond donors (Lipinski definition) is 0. The molecule has 0 bridgehead atoms. The quantitative estimate of drug-likeness (QED) is 0.452. The van der Waals surface area contributed by atoms with Crippen molar-refractivity contribution in [1.82, 2.24) is 0 Å². The fraction of sp³-hybridized carbons (Fsp3) is 0.875. The standard InChI is InChI=1S/C16H26O/c1-11-6-7-13-14(3,4)12(2)16(10-17-16)9-8-15(11,13)5/h12-13H,1,6-10H2,2-5H3/t12-,13+,15-,16?/m1/s1. The summed E-state index contributed by atoms with van der Waals surface area (Å²) < 4.78 is 5.88. The van der Waals surface area contributed by atoms with Crippen LogP contribution >= 0.6 is 0 Å². The van der Waals surface area contributed by atoms with Gasteiger partial charge in [0.15, 0.2) is 0 Å². The van der Waals surface area contributed by atoms with Crippen molar-refractivity contribution in [3.8, 4) is 0 Å². The average molecular weight is 234 g/mol. The Kier molecular flexibility index (Phi) is 2.20. The maximum Gasteiger partial charge on any atom is 0.0947 e. The summed E-state index contributed by atoms with van der Waals surface area (Å²) in [6, 6.07) is 0. The van der Waals surface area contributed by atoms with Crippen LogP contribution in [0.4, 0.5) is 0 Å². The highest BCUT2D eigenvalue weighted by Gasteiger charge is 2.62. The molecule has 96 valence electrons. The first-order chi connectivity index (χ1) is 7.83. The van der Waals surface area contributed by atoms with Crippen molar-refractivity contribution in [3.05, 3.63) is 12.2 Å². The van der Waals surface area contributed by atoms with Crippen LogP contribution in [0, 0.1) is 22.7 Å². The van der Waals surface area contributed by atoms with E-state index < -0.39 is 0 Å². The number of fused-ring (bicyclic) bond motifs is 1. The van der Waals surface area contributed by atoms with Gasteiger partial charge in [0.1, 0.15) is 0 Å². The smallest absolute Gasteiger partial charge is 0.0947 e. The molecule has 0 aromatic heterocycles. The lowest BCUT2D eigenvalue weighted by Crippen LogP contribution is -2.40. The number of ether oxygens (including phenoxy) is 1.